The molecule has 1 heterocycles. The predicted octanol–water partition coefficient (Wildman–Crippen LogP) is 2.89. The van der Waals surface area contributed by atoms with Crippen molar-refractivity contribution in [2.24, 2.45) is 5.73 Å². The average molecular weight is 555 g/mol. The van der Waals surface area contributed by atoms with Gasteiger partial charge in [-0.05, 0) is 48.9 Å². The Labute approximate surface area is 237 Å². The molecule has 0 radical (unpaired) electrons. The molecule has 218 valence electrons. The fourth-order valence-corrected chi connectivity index (χ4v) is 4.24. The van der Waals surface area contributed by atoms with Gasteiger partial charge in [-0.15, -0.1) is 0 Å². The van der Waals surface area contributed by atoms with Crippen molar-refractivity contribution in [2.75, 3.05) is 90.4 Å². The molecule has 1 amide bonds. The molecule has 0 saturated carbocycles. The first-order valence-corrected chi connectivity index (χ1v) is 14.2. The number of hydrogen-bond acceptors (Lipinski definition) is 7. The Morgan fingerprint density at radius 2 is 1.60 bits per heavy atom. The van der Waals surface area contributed by atoms with E-state index in [-0.39, 0.29) is 11.7 Å². The summed E-state index contributed by atoms with van der Waals surface area (Å²) in [5.41, 5.74) is 8.48. The van der Waals surface area contributed by atoms with Crippen LogP contribution in [0.15, 0.2) is 42.5 Å². The van der Waals surface area contributed by atoms with Crippen molar-refractivity contribution in [2.45, 2.75) is 19.8 Å². The average Bonchev–Trinajstić information content (AvgIpc) is 2.98. The van der Waals surface area contributed by atoms with E-state index in [0.717, 1.165) is 62.4 Å². The van der Waals surface area contributed by atoms with E-state index in [4.69, 9.17) is 19.9 Å². The largest absolute Gasteiger partial charge is 0.378 e. The highest BCUT2D eigenvalue weighted by Crippen LogP contribution is 2.23. The summed E-state index contributed by atoms with van der Waals surface area (Å²) in [6.45, 7) is 11.1. The number of unbranched alkanes of at least 4 members (excludes halogenated alkanes) is 1. The summed E-state index contributed by atoms with van der Waals surface area (Å²) >= 11 is 0. The third-order valence-corrected chi connectivity index (χ3v) is 6.53. The smallest absolute Gasteiger partial charge is 0.251 e. The van der Waals surface area contributed by atoms with Crippen molar-refractivity contribution < 1.29 is 23.4 Å². The van der Waals surface area contributed by atoms with Gasteiger partial charge >= 0.3 is 0 Å². The van der Waals surface area contributed by atoms with Crippen molar-refractivity contribution in [1.82, 2.24) is 10.2 Å². The Kier molecular flexibility index (Phi) is 14.5. The number of nitrogens with two attached hydrogens (primary N) is 1. The first-order valence-electron chi connectivity index (χ1n) is 14.2. The van der Waals surface area contributed by atoms with Gasteiger partial charge in [-0.1, -0.05) is 25.2 Å². The summed E-state index contributed by atoms with van der Waals surface area (Å²) in [4.78, 5) is 17.4. The van der Waals surface area contributed by atoms with Gasteiger partial charge in [-0.2, -0.15) is 0 Å². The van der Waals surface area contributed by atoms with Gasteiger partial charge in [0.2, 0.25) is 0 Å². The number of nitrogens with zero attached hydrogens (tertiary/aromatic N) is 2. The van der Waals surface area contributed by atoms with Crippen LogP contribution < -0.4 is 16.0 Å². The summed E-state index contributed by atoms with van der Waals surface area (Å²) in [6.07, 6.45) is 1.96. The molecule has 1 aliphatic heterocycles. The first-order chi connectivity index (χ1) is 19.6. The Hall–Kier alpha value is -3.00. The Bertz CT molecular complexity index is 1080. The van der Waals surface area contributed by atoms with Gasteiger partial charge in [0.25, 0.3) is 5.91 Å². The maximum atomic E-state index is 13.3. The fourth-order valence-electron chi connectivity index (χ4n) is 4.24. The van der Waals surface area contributed by atoms with Crippen molar-refractivity contribution in [3.05, 3.63) is 65.0 Å². The number of ether oxygens (including phenoxy) is 3. The van der Waals surface area contributed by atoms with E-state index in [1.54, 1.807) is 12.1 Å². The van der Waals surface area contributed by atoms with Gasteiger partial charge < -0.3 is 30.2 Å². The number of halogens is 1. The lowest BCUT2D eigenvalue weighted by molar-refractivity contribution is 0.0116. The van der Waals surface area contributed by atoms with E-state index in [1.807, 2.05) is 18.2 Å². The highest BCUT2D eigenvalue weighted by atomic mass is 19.1. The number of hydrogen-bond donors (Lipinski definition) is 2. The quantitative estimate of drug-likeness (QED) is 0.244. The van der Waals surface area contributed by atoms with E-state index >= 15 is 0 Å². The zero-order valence-corrected chi connectivity index (χ0v) is 23.6. The number of carbonyl (C=O) groups is 1. The molecule has 0 spiro atoms. The van der Waals surface area contributed by atoms with Crippen molar-refractivity contribution in [3.8, 4) is 11.8 Å². The van der Waals surface area contributed by atoms with Gasteiger partial charge in [0.15, 0.2) is 0 Å². The molecule has 1 aliphatic rings. The SMILES string of the molecule is CCCCNC(=O)c1ccc(N2CCN(CCOCCOCCOCCN)CC2)c(C#Cc2ccc(F)cc2)c1. The maximum Gasteiger partial charge on any atom is 0.251 e. The molecular weight excluding hydrogens is 511 g/mol. The maximum absolute atomic E-state index is 13.3. The Morgan fingerprint density at radius 3 is 2.27 bits per heavy atom. The lowest BCUT2D eigenvalue weighted by Gasteiger charge is -2.36. The van der Waals surface area contributed by atoms with Gasteiger partial charge in [0.05, 0.1) is 45.3 Å². The van der Waals surface area contributed by atoms with Gasteiger partial charge in [-0.3, -0.25) is 9.69 Å². The molecule has 0 unspecified atom stereocenters. The lowest BCUT2D eigenvalue weighted by atomic mass is 10.1. The summed E-state index contributed by atoms with van der Waals surface area (Å²) < 4.78 is 29.8. The second kappa shape index (κ2) is 18.4. The molecule has 0 aliphatic carbocycles. The van der Waals surface area contributed by atoms with Crippen LogP contribution in [0.3, 0.4) is 0 Å². The van der Waals surface area contributed by atoms with Gasteiger partial charge in [0.1, 0.15) is 5.82 Å². The molecule has 2 aromatic carbocycles. The summed E-state index contributed by atoms with van der Waals surface area (Å²) in [7, 11) is 0. The molecule has 1 fully saturated rings. The van der Waals surface area contributed by atoms with Gasteiger partial charge in [-0.25, -0.2) is 4.39 Å². The molecular formula is C31H43FN4O4. The molecule has 8 nitrogen and oxygen atoms in total. The third-order valence-electron chi connectivity index (χ3n) is 6.53. The van der Waals surface area contributed by atoms with Crippen LogP contribution in [0.5, 0.6) is 0 Å². The number of anilines is 1. The Morgan fingerprint density at radius 1 is 0.925 bits per heavy atom. The second-order valence-corrected chi connectivity index (χ2v) is 9.55. The van der Waals surface area contributed by atoms with E-state index in [0.29, 0.717) is 58.3 Å². The molecule has 0 atom stereocenters. The number of carbonyl (C=O) groups excluding carboxylic acids is 1. The van der Waals surface area contributed by atoms with Gasteiger partial charge in [0, 0.05) is 62.5 Å². The molecule has 2 aromatic rings. The van der Waals surface area contributed by atoms with Crippen LogP contribution in [0, 0.1) is 17.7 Å². The van der Waals surface area contributed by atoms with Crippen LogP contribution in [0.25, 0.3) is 0 Å². The standard InChI is InChI=1S/C31H43FN4O4/c1-2-3-13-34-31(37)28-8-11-30(27(25-28)7-4-26-5-9-29(32)10-6-26)36-16-14-35(15-17-36)18-20-39-22-24-40-23-21-38-19-12-33/h5-6,8-11,25H,2-3,12-24,33H2,1H3,(H,34,37). The fraction of sp³-hybridized carbons (Fsp3) is 0.516. The zero-order valence-electron chi connectivity index (χ0n) is 23.6. The number of amides is 1. The van der Waals surface area contributed by atoms with E-state index < -0.39 is 0 Å². The Balaban J connectivity index is 1.53. The normalized spacial score (nSPS) is 13.6. The van der Waals surface area contributed by atoms with Crippen molar-refractivity contribution in [3.63, 3.8) is 0 Å². The zero-order chi connectivity index (χ0) is 28.4. The first kappa shape index (κ1) is 31.5. The molecule has 0 bridgehead atoms. The van der Waals surface area contributed by atoms with Crippen LogP contribution in [0.4, 0.5) is 10.1 Å². The van der Waals surface area contributed by atoms with Crippen LogP contribution in [-0.2, 0) is 14.2 Å². The number of nitrogens with one attached hydrogen (secondary N) is 1. The van der Waals surface area contributed by atoms with Crippen LogP contribution in [0.2, 0.25) is 0 Å². The van der Waals surface area contributed by atoms with E-state index in [2.05, 4.69) is 33.9 Å². The van der Waals surface area contributed by atoms with Crippen molar-refractivity contribution in [1.29, 1.82) is 0 Å². The van der Waals surface area contributed by atoms with E-state index in [9.17, 15) is 9.18 Å². The number of piperazine rings is 1. The topological polar surface area (TPSA) is 89.3 Å². The van der Waals surface area contributed by atoms with E-state index in [1.165, 1.54) is 12.1 Å². The monoisotopic (exact) mass is 554 g/mol. The number of benzene rings is 2. The summed E-state index contributed by atoms with van der Waals surface area (Å²) in [5.74, 6) is 5.98. The minimum Gasteiger partial charge on any atom is -0.378 e. The lowest BCUT2D eigenvalue weighted by Crippen LogP contribution is -2.47. The highest BCUT2D eigenvalue weighted by molar-refractivity contribution is 5.95. The minimum absolute atomic E-state index is 0.0972. The third kappa shape index (κ3) is 11.2. The molecule has 3 rings (SSSR count). The predicted molar refractivity (Wildman–Crippen MR) is 156 cm³/mol. The molecule has 0 aromatic heterocycles. The molecule has 9 heteroatoms. The number of rotatable bonds is 16. The van der Waals surface area contributed by atoms with Crippen LogP contribution >= 0.6 is 0 Å². The van der Waals surface area contributed by atoms with Crippen LogP contribution in [-0.4, -0.2) is 96.3 Å². The molecule has 40 heavy (non-hydrogen) atoms. The summed E-state index contributed by atoms with van der Waals surface area (Å²) in [6, 6.07) is 11.8. The summed E-state index contributed by atoms with van der Waals surface area (Å²) in [5, 5.41) is 2.98. The minimum atomic E-state index is -0.294. The molecule has 3 N–H and O–H groups in total. The second-order valence-electron chi connectivity index (χ2n) is 9.55. The van der Waals surface area contributed by atoms with Crippen molar-refractivity contribution >= 4 is 11.6 Å². The molecule has 1 saturated heterocycles. The van der Waals surface area contributed by atoms with Crippen LogP contribution in [0.1, 0.15) is 41.3 Å². The highest BCUT2D eigenvalue weighted by Gasteiger charge is 2.20.